The Hall–Kier alpha value is -0.520. The van der Waals surface area contributed by atoms with Crippen molar-refractivity contribution in [3.8, 4) is 17.2 Å². The molecule has 0 unspecified atom stereocenters. The van der Waals surface area contributed by atoms with Gasteiger partial charge < -0.3 is 9.47 Å². The van der Waals surface area contributed by atoms with Gasteiger partial charge in [0.25, 0.3) is 0 Å². The maximum atomic E-state index is 6.00. The first-order valence-electron chi connectivity index (χ1n) is 5.91. The Labute approximate surface area is 143 Å². The number of methoxy groups -OCH3 is 1. The maximum Gasteiger partial charge on any atom is 0.143 e. The minimum absolute atomic E-state index is 0.740. The summed E-state index contributed by atoms with van der Waals surface area (Å²) in [4.78, 5) is 0. The van der Waals surface area contributed by atoms with E-state index in [1.807, 2.05) is 24.3 Å². The fraction of sp³-hybridized carbons (Fsp3) is 0.200. The molecule has 0 atom stereocenters. The first-order valence-corrected chi connectivity index (χ1v) is 8.62. The number of aryl methyl sites for hydroxylation is 1. The van der Waals surface area contributed by atoms with E-state index in [-0.39, 0.29) is 0 Å². The smallest absolute Gasteiger partial charge is 0.143 e. The Morgan fingerprint density at radius 3 is 2.25 bits per heavy atom. The predicted molar refractivity (Wildman–Crippen MR) is 92.3 cm³/mol. The molecule has 2 aromatic carbocycles. The molecule has 0 aromatic heterocycles. The van der Waals surface area contributed by atoms with Crippen LogP contribution in [0.25, 0.3) is 0 Å². The van der Waals surface area contributed by atoms with Gasteiger partial charge in [0.1, 0.15) is 17.2 Å². The van der Waals surface area contributed by atoms with E-state index in [1.54, 1.807) is 7.11 Å². The summed E-state index contributed by atoms with van der Waals surface area (Å²) in [5.74, 6) is 2.34. The van der Waals surface area contributed by atoms with E-state index >= 15 is 0 Å². The molecule has 0 fully saturated rings. The Balaban J connectivity index is 2.37. The molecule has 0 saturated heterocycles. The molecule has 0 saturated carbocycles. The van der Waals surface area contributed by atoms with Gasteiger partial charge in [0, 0.05) is 10.9 Å². The molecular weight excluding hydrogens is 452 g/mol. The molecule has 0 aliphatic rings. The van der Waals surface area contributed by atoms with Crippen LogP contribution in [0.3, 0.4) is 0 Å². The fourth-order valence-corrected chi connectivity index (χ4v) is 3.10. The number of rotatable bonds is 4. The lowest BCUT2D eigenvalue weighted by molar-refractivity contribution is 0.409. The van der Waals surface area contributed by atoms with Crippen molar-refractivity contribution in [2.75, 3.05) is 7.11 Å². The van der Waals surface area contributed by atoms with Crippen molar-refractivity contribution >= 4 is 47.8 Å². The van der Waals surface area contributed by atoms with Crippen molar-refractivity contribution < 1.29 is 9.47 Å². The molecule has 2 aromatic rings. The molecule has 0 aliphatic carbocycles. The highest BCUT2D eigenvalue weighted by Crippen LogP contribution is 2.39. The summed E-state index contributed by atoms with van der Waals surface area (Å²) >= 11 is 10.5. The quantitative estimate of drug-likeness (QED) is 0.500. The van der Waals surface area contributed by atoms with Crippen molar-refractivity contribution in [3.05, 3.63) is 50.4 Å². The summed E-state index contributed by atoms with van der Waals surface area (Å²) in [6, 6.07) is 9.89. The summed E-state index contributed by atoms with van der Waals surface area (Å²) in [6.07, 6.45) is 0. The monoisotopic (exact) mass is 462 g/mol. The molecule has 0 radical (unpaired) electrons. The second kappa shape index (κ2) is 6.96. The number of benzene rings is 2. The molecule has 2 nitrogen and oxygen atoms in total. The van der Waals surface area contributed by atoms with Crippen LogP contribution in [0.1, 0.15) is 11.1 Å². The number of alkyl halides is 1. The standard InChI is InChI=1S/C15H13Br3O2/c1-9-3-4-13(10(5-9)8-16)20-15-7-11(17)14(19-2)6-12(15)18/h3-7H,8H2,1-2H3. The van der Waals surface area contributed by atoms with Crippen LogP contribution < -0.4 is 9.47 Å². The lowest BCUT2D eigenvalue weighted by Gasteiger charge is -2.13. The summed E-state index contributed by atoms with van der Waals surface area (Å²) in [7, 11) is 1.63. The van der Waals surface area contributed by atoms with Gasteiger partial charge in [-0.05, 0) is 57.0 Å². The second-order valence-electron chi connectivity index (χ2n) is 4.26. The Morgan fingerprint density at radius 1 is 0.950 bits per heavy atom. The van der Waals surface area contributed by atoms with Crippen molar-refractivity contribution in [3.63, 3.8) is 0 Å². The van der Waals surface area contributed by atoms with Gasteiger partial charge in [-0.15, -0.1) is 0 Å². The number of ether oxygens (including phenoxy) is 2. The zero-order valence-electron chi connectivity index (χ0n) is 11.0. The third-order valence-corrected chi connectivity index (χ3v) is 4.63. The minimum atomic E-state index is 0.740. The summed E-state index contributed by atoms with van der Waals surface area (Å²) < 4.78 is 13.0. The van der Waals surface area contributed by atoms with Crippen LogP contribution in [0, 0.1) is 6.92 Å². The van der Waals surface area contributed by atoms with Gasteiger partial charge in [0.05, 0.1) is 16.1 Å². The molecule has 0 N–H and O–H groups in total. The Bertz CT molecular complexity index is 627. The average molecular weight is 465 g/mol. The highest BCUT2D eigenvalue weighted by molar-refractivity contribution is 9.11. The van der Waals surface area contributed by atoms with Crippen LogP contribution in [0.4, 0.5) is 0 Å². The zero-order chi connectivity index (χ0) is 14.7. The third kappa shape index (κ3) is 3.57. The molecule has 106 valence electrons. The minimum Gasteiger partial charge on any atom is -0.496 e. The van der Waals surface area contributed by atoms with Crippen LogP contribution in [0.15, 0.2) is 39.3 Å². The van der Waals surface area contributed by atoms with E-state index in [4.69, 9.17) is 9.47 Å². The van der Waals surface area contributed by atoms with Crippen LogP contribution in [-0.4, -0.2) is 7.11 Å². The summed E-state index contributed by atoms with van der Waals surface area (Å²) in [5.41, 5.74) is 2.32. The Kier molecular flexibility index (Phi) is 5.52. The summed E-state index contributed by atoms with van der Waals surface area (Å²) in [5, 5.41) is 0.749. The van der Waals surface area contributed by atoms with E-state index in [1.165, 1.54) is 5.56 Å². The lowest BCUT2D eigenvalue weighted by Crippen LogP contribution is -1.93. The van der Waals surface area contributed by atoms with Gasteiger partial charge in [0.2, 0.25) is 0 Å². The van der Waals surface area contributed by atoms with Gasteiger partial charge in [0.15, 0.2) is 0 Å². The lowest BCUT2D eigenvalue weighted by atomic mass is 10.1. The highest BCUT2D eigenvalue weighted by Gasteiger charge is 2.11. The van der Waals surface area contributed by atoms with E-state index in [9.17, 15) is 0 Å². The molecule has 5 heteroatoms. The van der Waals surface area contributed by atoms with Crippen molar-refractivity contribution in [2.45, 2.75) is 12.3 Å². The van der Waals surface area contributed by atoms with E-state index < -0.39 is 0 Å². The molecule has 20 heavy (non-hydrogen) atoms. The molecule has 0 aliphatic heterocycles. The first kappa shape index (κ1) is 15.9. The fourth-order valence-electron chi connectivity index (χ4n) is 1.78. The van der Waals surface area contributed by atoms with Gasteiger partial charge in [-0.25, -0.2) is 0 Å². The van der Waals surface area contributed by atoms with Gasteiger partial charge >= 0.3 is 0 Å². The molecular formula is C15H13Br3O2. The number of hydrogen-bond acceptors (Lipinski definition) is 2. The highest BCUT2D eigenvalue weighted by atomic mass is 79.9. The van der Waals surface area contributed by atoms with Crippen LogP contribution in [-0.2, 0) is 5.33 Å². The van der Waals surface area contributed by atoms with Crippen molar-refractivity contribution in [1.82, 2.24) is 0 Å². The third-order valence-electron chi connectivity index (χ3n) is 2.79. The van der Waals surface area contributed by atoms with E-state index in [0.29, 0.717) is 0 Å². The topological polar surface area (TPSA) is 18.5 Å². The second-order valence-corrected chi connectivity index (χ2v) is 6.53. The van der Waals surface area contributed by atoms with Crippen molar-refractivity contribution in [1.29, 1.82) is 0 Å². The normalized spacial score (nSPS) is 10.4. The summed E-state index contributed by atoms with van der Waals surface area (Å²) in [6.45, 7) is 2.07. The predicted octanol–water partition coefficient (Wildman–Crippen LogP) is 6.22. The largest absolute Gasteiger partial charge is 0.496 e. The van der Waals surface area contributed by atoms with Crippen LogP contribution in [0.2, 0.25) is 0 Å². The van der Waals surface area contributed by atoms with Gasteiger partial charge in [-0.1, -0.05) is 33.6 Å². The molecule has 0 bridgehead atoms. The van der Waals surface area contributed by atoms with E-state index in [0.717, 1.165) is 37.1 Å². The first-order chi connectivity index (χ1) is 9.55. The Morgan fingerprint density at radius 2 is 1.60 bits per heavy atom. The van der Waals surface area contributed by atoms with Crippen molar-refractivity contribution in [2.24, 2.45) is 0 Å². The van der Waals surface area contributed by atoms with Crippen LogP contribution >= 0.6 is 47.8 Å². The van der Waals surface area contributed by atoms with Crippen LogP contribution in [0.5, 0.6) is 17.2 Å². The number of hydrogen-bond donors (Lipinski definition) is 0. The van der Waals surface area contributed by atoms with Gasteiger partial charge in [-0.3, -0.25) is 0 Å². The number of halogens is 3. The SMILES string of the molecule is COc1cc(Br)c(Oc2ccc(C)cc2CBr)cc1Br. The molecule has 0 amide bonds. The van der Waals surface area contributed by atoms with E-state index in [2.05, 4.69) is 60.8 Å². The zero-order valence-corrected chi connectivity index (χ0v) is 15.8. The maximum absolute atomic E-state index is 6.00. The molecule has 2 rings (SSSR count). The molecule has 0 heterocycles. The molecule has 0 spiro atoms. The van der Waals surface area contributed by atoms with Gasteiger partial charge in [-0.2, -0.15) is 0 Å². The average Bonchev–Trinajstić information content (AvgIpc) is 2.44.